The largest absolute Gasteiger partial charge is 0.480 e. The summed E-state index contributed by atoms with van der Waals surface area (Å²) in [5.41, 5.74) is -1.18. The third-order valence-corrected chi connectivity index (χ3v) is 2.47. The van der Waals surface area contributed by atoms with Crippen molar-refractivity contribution in [3.63, 3.8) is 0 Å². The number of amides is 1. The lowest BCUT2D eigenvalue weighted by Gasteiger charge is -2.19. The van der Waals surface area contributed by atoms with Crippen LogP contribution in [0.3, 0.4) is 0 Å². The summed E-state index contributed by atoms with van der Waals surface area (Å²) in [4.78, 5) is 23.7. The van der Waals surface area contributed by atoms with Gasteiger partial charge >= 0.3 is 5.97 Å². The standard InChI is InChI=1S/C9H12N2O3/c1-11(6-2-5-10)7(12)9(3-4-9)8(13)14/h2-4,6H2,1H3,(H,13,14). The summed E-state index contributed by atoms with van der Waals surface area (Å²) in [5, 5.41) is 17.2. The van der Waals surface area contributed by atoms with Crippen LogP contribution < -0.4 is 0 Å². The van der Waals surface area contributed by atoms with Gasteiger partial charge in [-0.1, -0.05) is 0 Å². The van der Waals surface area contributed by atoms with Crippen LogP contribution in [0, 0.1) is 16.7 Å². The molecular formula is C9H12N2O3. The maximum absolute atomic E-state index is 11.6. The second-order valence-corrected chi connectivity index (χ2v) is 3.52. The van der Waals surface area contributed by atoms with Gasteiger partial charge in [0.15, 0.2) is 0 Å². The van der Waals surface area contributed by atoms with E-state index in [-0.39, 0.29) is 12.3 Å². The van der Waals surface area contributed by atoms with Gasteiger partial charge in [0.1, 0.15) is 5.41 Å². The molecule has 0 saturated heterocycles. The molecule has 5 nitrogen and oxygen atoms in total. The molecule has 0 atom stereocenters. The zero-order valence-corrected chi connectivity index (χ0v) is 7.99. The van der Waals surface area contributed by atoms with Gasteiger partial charge in [-0.15, -0.1) is 0 Å². The summed E-state index contributed by atoms with van der Waals surface area (Å²) in [6.45, 7) is 0.296. The summed E-state index contributed by atoms with van der Waals surface area (Å²) in [5.74, 6) is -1.42. The lowest BCUT2D eigenvalue weighted by molar-refractivity contribution is -0.152. The van der Waals surface area contributed by atoms with Gasteiger partial charge in [0.25, 0.3) is 0 Å². The van der Waals surface area contributed by atoms with E-state index in [0.29, 0.717) is 19.4 Å². The van der Waals surface area contributed by atoms with Crippen LogP contribution in [0.1, 0.15) is 19.3 Å². The first kappa shape index (κ1) is 10.5. The van der Waals surface area contributed by atoms with Crippen molar-refractivity contribution in [3.05, 3.63) is 0 Å². The highest BCUT2D eigenvalue weighted by atomic mass is 16.4. The maximum atomic E-state index is 11.6. The summed E-state index contributed by atoms with van der Waals surface area (Å²) in [6, 6.07) is 1.91. The summed E-state index contributed by atoms with van der Waals surface area (Å²) in [7, 11) is 1.53. The fourth-order valence-electron chi connectivity index (χ4n) is 1.33. The Morgan fingerprint density at radius 3 is 2.50 bits per heavy atom. The van der Waals surface area contributed by atoms with E-state index in [0.717, 1.165) is 0 Å². The molecule has 0 aromatic heterocycles. The van der Waals surface area contributed by atoms with Crippen molar-refractivity contribution in [3.8, 4) is 6.07 Å². The van der Waals surface area contributed by atoms with Crippen LogP contribution in [0.5, 0.6) is 0 Å². The number of carboxylic acid groups (broad SMARTS) is 1. The van der Waals surface area contributed by atoms with E-state index in [1.807, 2.05) is 6.07 Å². The Balaban J connectivity index is 2.58. The quantitative estimate of drug-likeness (QED) is 0.652. The highest BCUT2D eigenvalue weighted by molar-refractivity contribution is 6.04. The van der Waals surface area contributed by atoms with Gasteiger partial charge in [0, 0.05) is 13.6 Å². The zero-order chi connectivity index (χ0) is 10.8. The van der Waals surface area contributed by atoms with Gasteiger partial charge in [0.2, 0.25) is 5.91 Å². The molecular weight excluding hydrogens is 184 g/mol. The molecule has 76 valence electrons. The molecule has 0 radical (unpaired) electrons. The van der Waals surface area contributed by atoms with Crippen LogP contribution in [0.25, 0.3) is 0 Å². The molecule has 1 aliphatic carbocycles. The van der Waals surface area contributed by atoms with Crippen LogP contribution in [0.4, 0.5) is 0 Å². The average Bonchev–Trinajstić information content (AvgIpc) is 2.93. The molecule has 1 amide bonds. The molecule has 0 heterocycles. The summed E-state index contributed by atoms with van der Waals surface area (Å²) < 4.78 is 0. The third kappa shape index (κ3) is 1.69. The van der Waals surface area contributed by atoms with E-state index >= 15 is 0 Å². The molecule has 1 fully saturated rings. The van der Waals surface area contributed by atoms with Crippen molar-refractivity contribution >= 4 is 11.9 Å². The first-order chi connectivity index (χ1) is 6.54. The van der Waals surface area contributed by atoms with Crippen LogP contribution in [0.2, 0.25) is 0 Å². The number of nitriles is 1. The molecule has 1 N–H and O–H groups in total. The summed E-state index contributed by atoms with van der Waals surface area (Å²) in [6.07, 6.45) is 1.06. The molecule has 5 heteroatoms. The van der Waals surface area contributed by atoms with Crippen molar-refractivity contribution in [1.82, 2.24) is 4.90 Å². The van der Waals surface area contributed by atoms with E-state index < -0.39 is 11.4 Å². The van der Waals surface area contributed by atoms with Crippen molar-refractivity contribution < 1.29 is 14.7 Å². The Bertz CT molecular complexity index is 302. The smallest absolute Gasteiger partial charge is 0.319 e. The lowest BCUT2D eigenvalue weighted by atomic mass is 10.1. The number of rotatable bonds is 4. The van der Waals surface area contributed by atoms with E-state index in [1.54, 1.807) is 0 Å². The van der Waals surface area contributed by atoms with Crippen molar-refractivity contribution in [1.29, 1.82) is 5.26 Å². The fourth-order valence-corrected chi connectivity index (χ4v) is 1.33. The monoisotopic (exact) mass is 196 g/mol. The molecule has 14 heavy (non-hydrogen) atoms. The SMILES string of the molecule is CN(CCC#N)C(=O)C1(C(=O)O)CC1. The summed E-state index contributed by atoms with van der Waals surface area (Å²) >= 11 is 0. The Labute approximate surface area is 81.9 Å². The van der Waals surface area contributed by atoms with Crippen molar-refractivity contribution in [2.45, 2.75) is 19.3 Å². The van der Waals surface area contributed by atoms with Crippen LogP contribution in [-0.4, -0.2) is 35.5 Å². The number of hydrogen-bond acceptors (Lipinski definition) is 3. The van der Waals surface area contributed by atoms with Gasteiger partial charge < -0.3 is 10.0 Å². The zero-order valence-electron chi connectivity index (χ0n) is 7.99. The molecule has 0 aromatic rings. The van der Waals surface area contributed by atoms with Crippen molar-refractivity contribution in [2.24, 2.45) is 5.41 Å². The number of nitrogens with zero attached hydrogens (tertiary/aromatic N) is 2. The minimum absolute atomic E-state index is 0.234. The third-order valence-electron chi connectivity index (χ3n) is 2.47. The highest BCUT2D eigenvalue weighted by Crippen LogP contribution is 2.47. The molecule has 0 bridgehead atoms. The number of aliphatic carboxylic acids is 1. The molecule has 0 aliphatic heterocycles. The maximum Gasteiger partial charge on any atom is 0.319 e. The fraction of sp³-hybridized carbons (Fsp3) is 0.667. The highest BCUT2D eigenvalue weighted by Gasteiger charge is 2.58. The average molecular weight is 196 g/mol. The Kier molecular flexibility index (Phi) is 2.75. The van der Waals surface area contributed by atoms with Crippen LogP contribution >= 0.6 is 0 Å². The topological polar surface area (TPSA) is 81.4 Å². The second-order valence-electron chi connectivity index (χ2n) is 3.52. The predicted molar refractivity (Wildman–Crippen MR) is 47.2 cm³/mol. The van der Waals surface area contributed by atoms with Crippen LogP contribution in [0.15, 0.2) is 0 Å². The van der Waals surface area contributed by atoms with E-state index in [9.17, 15) is 9.59 Å². The van der Waals surface area contributed by atoms with Gasteiger partial charge in [-0.2, -0.15) is 5.26 Å². The molecule has 1 rings (SSSR count). The van der Waals surface area contributed by atoms with Crippen LogP contribution in [-0.2, 0) is 9.59 Å². The van der Waals surface area contributed by atoms with Gasteiger partial charge in [-0.05, 0) is 12.8 Å². The molecule has 1 saturated carbocycles. The van der Waals surface area contributed by atoms with Gasteiger partial charge in [-0.25, -0.2) is 0 Å². The Hall–Kier alpha value is -1.57. The Morgan fingerprint density at radius 2 is 2.14 bits per heavy atom. The number of carbonyl (C=O) groups is 2. The predicted octanol–water partition coefficient (Wildman–Crippen LogP) is 0.223. The van der Waals surface area contributed by atoms with E-state index in [4.69, 9.17) is 10.4 Å². The lowest BCUT2D eigenvalue weighted by Crippen LogP contribution is -2.38. The second kappa shape index (κ2) is 3.66. The van der Waals surface area contributed by atoms with Crippen molar-refractivity contribution in [2.75, 3.05) is 13.6 Å². The first-order valence-electron chi connectivity index (χ1n) is 4.40. The van der Waals surface area contributed by atoms with Gasteiger partial charge in [-0.3, -0.25) is 9.59 Å². The number of carboxylic acids is 1. The normalized spacial score (nSPS) is 16.9. The minimum Gasteiger partial charge on any atom is -0.480 e. The number of hydrogen-bond donors (Lipinski definition) is 1. The minimum atomic E-state index is -1.18. The molecule has 0 spiro atoms. The van der Waals surface area contributed by atoms with E-state index in [2.05, 4.69) is 0 Å². The van der Waals surface area contributed by atoms with E-state index in [1.165, 1.54) is 11.9 Å². The molecule has 1 aliphatic rings. The first-order valence-corrected chi connectivity index (χ1v) is 4.40. The Morgan fingerprint density at radius 1 is 1.57 bits per heavy atom. The number of carbonyl (C=O) groups excluding carboxylic acids is 1. The molecule has 0 unspecified atom stereocenters. The molecule has 0 aromatic carbocycles. The van der Waals surface area contributed by atoms with Gasteiger partial charge in [0.05, 0.1) is 12.5 Å².